The van der Waals surface area contributed by atoms with E-state index in [1.165, 1.54) is 18.0 Å². The summed E-state index contributed by atoms with van der Waals surface area (Å²) in [6.45, 7) is 12.1. The van der Waals surface area contributed by atoms with Crippen LogP contribution in [0.4, 0.5) is 5.69 Å². The van der Waals surface area contributed by atoms with Gasteiger partial charge in [-0.3, -0.25) is 9.78 Å². The highest BCUT2D eigenvalue weighted by Gasteiger charge is 2.44. The monoisotopic (exact) mass is 574 g/mol. The predicted molar refractivity (Wildman–Crippen MR) is 162 cm³/mol. The van der Waals surface area contributed by atoms with E-state index in [0.29, 0.717) is 24.1 Å². The van der Waals surface area contributed by atoms with Crippen LogP contribution in [0, 0.1) is 12.8 Å². The number of thioether (sulfide) groups is 1. The lowest BCUT2D eigenvalue weighted by Gasteiger charge is -2.40. The Balaban J connectivity index is 1.61. The van der Waals surface area contributed by atoms with E-state index in [9.17, 15) is 19.8 Å². The molecule has 4 rings (SSSR count). The molecule has 0 saturated heterocycles. The van der Waals surface area contributed by atoms with Crippen molar-refractivity contribution in [1.29, 1.82) is 0 Å². The van der Waals surface area contributed by atoms with Gasteiger partial charge in [-0.05, 0) is 84.2 Å². The van der Waals surface area contributed by atoms with Crippen molar-refractivity contribution < 1.29 is 24.5 Å². The molecule has 0 radical (unpaired) electrons. The van der Waals surface area contributed by atoms with E-state index < -0.39 is 11.6 Å². The molecule has 2 aromatic carbocycles. The van der Waals surface area contributed by atoms with Gasteiger partial charge in [0.05, 0.1) is 5.56 Å². The van der Waals surface area contributed by atoms with Crippen LogP contribution in [0.25, 0.3) is 0 Å². The van der Waals surface area contributed by atoms with Gasteiger partial charge in [0, 0.05) is 29.4 Å². The third kappa shape index (κ3) is 6.93. The zero-order chi connectivity index (χ0) is 29.9. The van der Waals surface area contributed by atoms with Crippen LogP contribution in [-0.2, 0) is 21.4 Å². The number of aromatic nitrogens is 1. The van der Waals surface area contributed by atoms with E-state index >= 15 is 0 Å². The van der Waals surface area contributed by atoms with Gasteiger partial charge in [-0.1, -0.05) is 58.5 Å². The van der Waals surface area contributed by atoms with E-state index in [0.717, 1.165) is 21.6 Å². The number of carbonyl (C=O) groups is 2. The Labute approximate surface area is 246 Å². The molecule has 41 heavy (non-hydrogen) atoms. The van der Waals surface area contributed by atoms with Crippen molar-refractivity contribution in [2.75, 3.05) is 5.32 Å². The number of rotatable bonds is 8. The van der Waals surface area contributed by atoms with E-state index in [1.54, 1.807) is 30.5 Å². The molecule has 0 fully saturated rings. The van der Waals surface area contributed by atoms with Gasteiger partial charge < -0.3 is 20.3 Å². The van der Waals surface area contributed by atoms with Gasteiger partial charge in [0.2, 0.25) is 0 Å². The molecule has 1 aliphatic rings. The Morgan fingerprint density at radius 3 is 2.44 bits per heavy atom. The molecule has 1 amide bonds. The topological polar surface area (TPSA) is 109 Å². The molecular formula is C33H38N2O5S. The van der Waals surface area contributed by atoms with Crippen LogP contribution in [0.1, 0.15) is 74.5 Å². The van der Waals surface area contributed by atoms with Crippen molar-refractivity contribution in [3.05, 3.63) is 93.8 Å². The van der Waals surface area contributed by atoms with Crippen LogP contribution in [0.3, 0.4) is 0 Å². The fourth-order valence-electron chi connectivity index (χ4n) is 4.91. The number of anilines is 1. The first-order chi connectivity index (χ1) is 19.3. The summed E-state index contributed by atoms with van der Waals surface area (Å²) in [6.07, 6.45) is 4.54. The molecule has 0 bridgehead atoms. The lowest BCUT2D eigenvalue weighted by molar-refractivity contribution is -0.164. The summed E-state index contributed by atoms with van der Waals surface area (Å²) in [5.41, 5.74) is 2.75. The molecule has 1 aliphatic heterocycles. The zero-order valence-electron chi connectivity index (χ0n) is 24.4. The second-order valence-corrected chi connectivity index (χ2v) is 13.0. The fraction of sp³-hybridized carbons (Fsp3) is 0.364. The first-order valence-corrected chi connectivity index (χ1v) is 14.6. The normalized spacial score (nSPS) is 17.5. The lowest BCUT2D eigenvalue weighted by atomic mass is 9.80. The Bertz CT molecular complexity index is 1460. The highest BCUT2D eigenvalue weighted by molar-refractivity contribution is 8.04. The number of aromatic hydroxyl groups is 1. The number of esters is 1. The van der Waals surface area contributed by atoms with Crippen molar-refractivity contribution in [2.24, 2.45) is 5.92 Å². The second-order valence-electron chi connectivity index (χ2n) is 11.9. The number of aliphatic hydroxyl groups excluding tert-OH is 1. The highest BCUT2D eigenvalue weighted by atomic mass is 32.2. The molecule has 1 atom stereocenters. The molecule has 0 aliphatic carbocycles. The predicted octanol–water partition coefficient (Wildman–Crippen LogP) is 7.48. The minimum Gasteiger partial charge on any atom is -0.511 e. The summed E-state index contributed by atoms with van der Waals surface area (Å²) in [4.78, 5) is 31.3. The van der Waals surface area contributed by atoms with Gasteiger partial charge in [0.1, 0.15) is 22.0 Å². The largest absolute Gasteiger partial charge is 0.511 e. The number of benzene rings is 2. The number of cyclic esters (lactones) is 1. The first kappa shape index (κ1) is 30.2. The number of phenolic OH excluding ortho intramolecular Hbond substituents is 1. The fourth-order valence-corrected chi connectivity index (χ4v) is 6.15. The Morgan fingerprint density at radius 2 is 1.85 bits per heavy atom. The van der Waals surface area contributed by atoms with Crippen molar-refractivity contribution in [3.8, 4) is 5.75 Å². The van der Waals surface area contributed by atoms with Gasteiger partial charge >= 0.3 is 5.97 Å². The first-order valence-electron chi connectivity index (χ1n) is 13.8. The second kappa shape index (κ2) is 12.0. The number of aliphatic hydroxyl groups is 1. The summed E-state index contributed by atoms with van der Waals surface area (Å²) in [6, 6.07) is 14.3. The SMILES string of the molecule is Cc1cc(SC2=C(O)C[C@@](CCc3ccc(O)cc3)(C(C)C)OC2=O)c(C(C)(C)C)cc1NC(=O)c1cccnc1. The van der Waals surface area contributed by atoms with Crippen LogP contribution < -0.4 is 5.32 Å². The summed E-state index contributed by atoms with van der Waals surface area (Å²) < 4.78 is 6.13. The number of hydrogen-bond acceptors (Lipinski definition) is 7. The summed E-state index contributed by atoms with van der Waals surface area (Å²) in [5.74, 6) is -0.587. The van der Waals surface area contributed by atoms with E-state index in [1.807, 2.05) is 45.0 Å². The van der Waals surface area contributed by atoms with Crippen molar-refractivity contribution >= 4 is 29.3 Å². The molecule has 2 heterocycles. The number of carbonyl (C=O) groups excluding carboxylic acids is 2. The van der Waals surface area contributed by atoms with Crippen LogP contribution in [0.5, 0.6) is 5.75 Å². The average Bonchev–Trinajstić information content (AvgIpc) is 2.91. The van der Waals surface area contributed by atoms with Gasteiger partial charge in [-0.25, -0.2) is 4.79 Å². The number of nitrogens with one attached hydrogen (secondary N) is 1. The maximum Gasteiger partial charge on any atom is 0.349 e. The van der Waals surface area contributed by atoms with Crippen molar-refractivity contribution in [3.63, 3.8) is 0 Å². The molecule has 8 heteroatoms. The molecule has 216 valence electrons. The number of nitrogens with zero attached hydrogens (tertiary/aromatic N) is 1. The van der Waals surface area contributed by atoms with Crippen LogP contribution in [0.15, 0.2) is 76.5 Å². The summed E-state index contributed by atoms with van der Waals surface area (Å²) in [5, 5.41) is 23.8. The highest BCUT2D eigenvalue weighted by Crippen LogP contribution is 2.46. The van der Waals surface area contributed by atoms with E-state index in [-0.39, 0.29) is 40.1 Å². The molecule has 0 unspecified atom stereocenters. The smallest absolute Gasteiger partial charge is 0.349 e. The zero-order valence-corrected chi connectivity index (χ0v) is 25.3. The van der Waals surface area contributed by atoms with Gasteiger partial charge in [0.25, 0.3) is 5.91 Å². The average molecular weight is 575 g/mol. The quantitative estimate of drug-likeness (QED) is 0.239. The van der Waals surface area contributed by atoms with Gasteiger partial charge in [0.15, 0.2) is 0 Å². The lowest BCUT2D eigenvalue weighted by Crippen LogP contribution is -2.44. The molecule has 1 aromatic heterocycles. The Hall–Kier alpha value is -3.78. The maximum absolute atomic E-state index is 13.4. The molecular weight excluding hydrogens is 536 g/mol. The Kier molecular flexibility index (Phi) is 8.83. The number of phenols is 1. The number of amides is 1. The number of ether oxygens (including phenoxy) is 1. The third-order valence-electron chi connectivity index (χ3n) is 7.55. The van der Waals surface area contributed by atoms with Crippen LogP contribution >= 0.6 is 11.8 Å². The van der Waals surface area contributed by atoms with Gasteiger partial charge in [-0.15, -0.1) is 0 Å². The summed E-state index contributed by atoms with van der Waals surface area (Å²) in [7, 11) is 0. The van der Waals surface area contributed by atoms with E-state index in [2.05, 4.69) is 31.1 Å². The van der Waals surface area contributed by atoms with Crippen LogP contribution in [0.2, 0.25) is 0 Å². The molecule has 3 N–H and O–H groups in total. The molecule has 0 saturated carbocycles. The minimum absolute atomic E-state index is 0.0210. The maximum atomic E-state index is 13.4. The Morgan fingerprint density at radius 1 is 1.15 bits per heavy atom. The van der Waals surface area contributed by atoms with Crippen molar-refractivity contribution in [2.45, 2.75) is 76.7 Å². The number of hydrogen-bond donors (Lipinski definition) is 3. The summed E-state index contributed by atoms with van der Waals surface area (Å²) >= 11 is 1.21. The number of pyridine rings is 1. The minimum atomic E-state index is -0.841. The van der Waals surface area contributed by atoms with Crippen molar-refractivity contribution in [1.82, 2.24) is 4.98 Å². The molecule has 3 aromatic rings. The molecule has 0 spiro atoms. The number of aryl methyl sites for hydroxylation is 2. The standard InChI is InChI=1S/C33H38N2O5S/c1-20(2)33(14-13-22-9-11-24(36)12-10-22)18-27(37)29(31(39)40-33)41-28-16-21(3)26(17-25(28)32(4,5)6)35-30(38)23-8-7-15-34-19-23/h7-12,15-17,19-20,36-37H,13-14,18H2,1-6H3,(H,35,38)/t33-/m0/s1. The van der Waals surface area contributed by atoms with Crippen LogP contribution in [-0.4, -0.2) is 32.7 Å². The molecule has 7 nitrogen and oxygen atoms in total. The van der Waals surface area contributed by atoms with E-state index in [4.69, 9.17) is 4.74 Å². The van der Waals surface area contributed by atoms with Gasteiger partial charge in [-0.2, -0.15) is 0 Å². The third-order valence-corrected chi connectivity index (χ3v) is 8.72.